The highest BCUT2D eigenvalue weighted by Crippen LogP contribution is 2.32. The van der Waals surface area contributed by atoms with Gasteiger partial charge in [0, 0.05) is 12.1 Å². The van der Waals surface area contributed by atoms with Crippen LogP contribution in [-0.4, -0.2) is 12.4 Å². The second-order valence-electron chi connectivity index (χ2n) is 7.78. The fraction of sp³-hybridized carbons (Fsp3) is 0.269. The molecule has 0 aliphatic carbocycles. The van der Waals surface area contributed by atoms with Crippen LogP contribution in [-0.2, 0) is 11.3 Å². The van der Waals surface area contributed by atoms with Gasteiger partial charge in [0.25, 0.3) is 0 Å². The zero-order valence-corrected chi connectivity index (χ0v) is 16.3. The summed E-state index contributed by atoms with van der Waals surface area (Å²) < 4.78 is 6.17. The van der Waals surface area contributed by atoms with Crippen molar-refractivity contribution in [3.8, 4) is 0 Å². The van der Waals surface area contributed by atoms with Crippen molar-refractivity contribution in [2.24, 2.45) is 10.9 Å². The Kier molecular flexibility index (Phi) is 4.58. The summed E-state index contributed by atoms with van der Waals surface area (Å²) in [6.45, 7) is 2.84. The Morgan fingerprint density at radius 3 is 2.46 bits per heavy atom. The Morgan fingerprint density at radius 2 is 1.61 bits per heavy atom. The van der Waals surface area contributed by atoms with Crippen molar-refractivity contribution in [3.05, 3.63) is 72.3 Å². The first-order valence-corrected chi connectivity index (χ1v) is 10.3. The normalized spacial score (nSPS) is 19.6. The topological polar surface area (TPSA) is 21.6 Å². The van der Waals surface area contributed by atoms with Crippen LogP contribution in [0, 0.1) is 5.92 Å². The molecule has 28 heavy (non-hydrogen) atoms. The molecule has 0 saturated carbocycles. The molecule has 0 fully saturated rings. The first-order valence-electron chi connectivity index (χ1n) is 10.3. The van der Waals surface area contributed by atoms with E-state index in [0.717, 1.165) is 12.8 Å². The predicted molar refractivity (Wildman–Crippen MR) is 119 cm³/mol. The average molecular weight is 367 g/mol. The highest BCUT2D eigenvalue weighted by atomic mass is 16.5. The lowest BCUT2D eigenvalue weighted by Crippen LogP contribution is -2.25. The number of ether oxygens (including phenoxy) is 1. The van der Waals surface area contributed by atoms with Gasteiger partial charge in [-0.1, -0.05) is 67.6 Å². The molecule has 2 heteroatoms. The monoisotopic (exact) mass is 367 g/mol. The number of rotatable bonds is 4. The van der Waals surface area contributed by atoms with Gasteiger partial charge in [0.1, 0.15) is 0 Å². The summed E-state index contributed by atoms with van der Waals surface area (Å²) in [7, 11) is 0. The maximum absolute atomic E-state index is 6.17. The zero-order valence-electron chi connectivity index (χ0n) is 16.3. The first-order chi connectivity index (χ1) is 13.8. The Labute approximate surface area is 165 Å². The maximum atomic E-state index is 6.17. The Morgan fingerprint density at radius 1 is 0.857 bits per heavy atom. The second kappa shape index (κ2) is 7.37. The third-order valence-corrected chi connectivity index (χ3v) is 6.07. The van der Waals surface area contributed by atoms with Gasteiger partial charge in [0.05, 0.1) is 6.61 Å². The standard InChI is InChI=1S/C26H25NO/c1-2-19-7-5-15-27-26(19)28-17-18-9-12-23-21(16-18)11-14-24-22-8-4-3-6-20(22)10-13-25(23)24/h3-4,6,8-16,19,26H,2,5,7,17H2,1H3. The number of nitrogens with zero attached hydrogens (tertiary/aromatic N) is 1. The number of hydrogen-bond donors (Lipinski definition) is 0. The average Bonchev–Trinajstić information content (AvgIpc) is 2.77. The molecule has 4 aromatic rings. The van der Waals surface area contributed by atoms with E-state index >= 15 is 0 Å². The van der Waals surface area contributed by atoms with Crippen LogP contribution in [0.25, 0.3) is 32.3 Å². The fourth-order valence-electron chi connectivity index (χ4n) is 4.47. The molecule has 1 heterocycles. The van der Waals surface area contributed by atoms with Crippen LogP contribution in [0.2, 0.25) is 0 Å². The molecule has 2 atom stereocenters. The molecule has 1 aliphatic rings. The van der Waals surface area contributed by atoms with Crippen molar-refractivity contribution in [2.75, 3.05) is 0 Å². The van der Waals surface area contributed by atoms with Crippen molar-refractivity contribution < 1.29 is 4.74 Å². The van der Waals surface area contributed by atoms with Gasteiger partial charge in [-0.25, -0.2) is 0 Å². The largest absolute Gasteiger partial charge is 0.352 e. The van der Waals surface area contributed by atoms with Crippen LogP contribution in [0.1, 0.15) is 31.7 Å². The molecule has 140 valence electrons. The SMILES string of the molecule is CCC1CCC=NC1OCc1ccc2c(ccc3c4ccccc4ccc23)c1. The van der Waals surface area contributed by atoms with Crippen LogP contribution < -0.4 is 0 Å². The molecule has 0 N–H and O–H groups in total. The van der Waals surface area contributed by atoms with Gasteiger partial charge < -0.3 is 4.74 Å². The molecule has 0 saturated heterocycles. The van der Waals surface area contributed by atoms with Crippen molar-refractivity contribution in [1.82, 2.24) is 0 Å². The minimum Gasteiger partial charge on any atom is -0.352 e. The molecular weight excluding hydrogens is 342 g/mol. The molecule has 5 rings (SSSR count). The van der Waals surface area contributed by atoms with Crippen LogP contribution >= 0.6 is 0 Å². The molecule has 0 aromatic heterocycles. The van der Waals surface area contributed by atoms with E-state index in [-0.39, 0.29) is 6.23 Å². The van der Waals surface area contributed by atoms with E-state index in [0.29, 0.717) is 12.5 Å². The number of fused-ring (bicyclic) bond motifs is 5. The van der Waals surface area contributed by atoms with E-state index in [1.165, 1.54) is 44.3 Å². The van der Waals surface area contributed by atoms with E-state index in [1.54, 1.807) is 0 Å². The molecular formula is C26H25NO. The lowest BCUT2D eigenvalue weighted by atomic mass is 9.96. The van der Waals surface area contributed by atoms with Crippen molar-refractivity contribution in [1.29, 1.82) is 0 Å². The Bertz CT molecular complexity index is 1180. The third kappa shape index (κ3) is 3.08. The van der Waals surface area contributed by atoms with E-state index in [1.807, 2.05) is 6.21 Å². The summed E-state index contributed by atoms with van der Waals surface area (Å²) in [6.07, 6.45) is 5.42. The van der Waals surface area contributed by atoms with Gasteiger partial charge in [-0.15, -0.1) is 0 Å². The molecule has 0 amide bonds. The second-order valence-corrected chi connectivity index (χ2v) is 7.78. The lowest BCUT2D eigenvalue weighted by molar-refractivity contribution is 0.000575. The fourth-order valence-corrected chi connectivity index (χ4v) is 4.47. The summed E-state index contributed by atoms with van der Waals surface area (Å²) in [5.74, 6) is 0.544. The Balaban J connectivity index is 1.48. The van der Waals surface area contributed by atoms with Gasteiger partial charge in [-0.3, -0.25) is 4.99 Å². The van der Waals surface area contributed by atoms with E-state index < -0.39 is 0 Å². The smallest absolute Gasteiger partial charge is 0.151 e. The van der Waals surface area contributed by atoms with Crippen molar-refractivity contribution in [2.45, 2.75) is 39.0 Å². The summed E-state index contributed by atoms with van der Waals surface area (Å²) in [6, 6.07) is 24.3. The summed E-state index contributed by atoms with van der Waals surface area (Å²) in [5, 5.41) is 7.80. The van der Waals surface area contributed by atoms with Gasteiger partial charge in [-0.2, -0.15) is 0 Å². The van der Waals surface area contributed by atoms with E-state index in [9.17, 15) is 0 Å². The van der Waals surface area contributed by atoms with Crippen LogP contribution in [0.4, 0.5) is 0 Å². The lowest BCUT2D eigenvalue weighted by Gasteiger charge is -2.26. The zero-order chi connectivity index (χ0) is 18.9. The van der Waals surface area contributed by atoms with Gasteiger partial charge in [0.2, 0.25) is 0 Å². The van der Waals surface area contributed by atoms with Crippen molar-refractivity contribution >= 4 is 38.5 Å². The molecule has 0 radical (unpaired) electrons. The Hall–Kier alpha value is -2.71. The van der Waals surface area contributed by atoms with Gasteiger partial charge in [-0.05, 0) is 63.2 Å². The summed E-state index contributed by atoms with van der Waals surface area (Å²) in [5.41, 5.74) is 1.21. The molecule has 4 aromatic carbocycles. The minimum atomic E-state index is 0.0115. The molecule has 1 aliphatic heterocycles. The van der Waals surface area contributed by atoms with E-state index in [4.69, 9.17) is 4.74 Å². The first kappa shape index (κ1) is 17.4. The molecule has 2 nitrogen and oxygen atoms in total. The highest BCUT2D eigenvalue weighted by molar-refractivity contribution is 6.17. The van der Waals surface area contributed by atoms with Crippen LogP contribution in [0.5, 0.6) is 0 Å². The van der Waals surface area contributed by atoms with Gasteiger partial charge in [0.15, 0.2) is 6.23 Å². The predicted octanol–water partition coefficient (Wildman–Crippen LogP) is 6.88. The summed E-state index contributed by atoms with van der Waals surface area (Å²) in [4.78, 5) is 4.58. The van der Waals surface area contributed by atoms with E-state index in [2.05, 4.69) is 78.6 Å². The van der Waals surface area contributed by atoms with Crippen LogP contribution in [0.15, 0.2) is 71.7 Å². The van der Waals surface area contributed by atoms with Crippen molar-refractivity contribution in [3.63, 3.8) is 0 Å². The molecule has 2 unspecified atom stereocenters. The molecule has 0 spiro atoms. The molecule has 0 bridgehead atoms. The van der Waals surface area contributed by atoms with Crippen LogP contribution in [0.3, 0.4) is 0 Å². The minimum absolute atomic E-state index is 0.0115. The highest BCUT2D eigenvalue weighted by Gasteiger charge is 2.21. The number of hydrogen-bond acceptors (Lipinski definition) is 2. The summed E-state index contributed by atoms with van der Waals surface area (Å²) >= 11 is 0. The van der Waals surface area contributed by atoms with Gasteiger partial charge >= 0.3 is 0 Å². The maximum Gasteiger partial charge on any atom is 0.151 e. The quantitative estimate of drug-likeness (QED) is 0.360. The number of benzene rings is 4. The number of aliphatic imine (C=N–C) groups is 1. The third-order valence-electron chi connectivity index (χ3n) is 6.07.